The second-order valence-corrected chi connectivity index (χ2v) is 6.50. The predicted octanol–water partition coefficient (Wildman–Crippen LogP) is 2.41. The number of nitrogens with zero attached hydrogens (tertiary/aromatic N) is 5. The molecule has 26 heavy (non-hydrogen) atoms. The molecule has 3 aromatic rings. The van der Waals surface area contributed by atoms with Crippen LogP contribution in [-0.2, 0) is 6.42 Å². The SMILES string of the molecule is O=C(c1ccnc(NCCCc2nnc3ccccn23)c1)N1CCCC1. The van der Waals surface area contributed by atoms with Crippen LogP contribution in [0.3, 0.4) is 0 Å². The van der Waals surface area contributed by atoms with E-state index in [0.717, 1.165) is 62.6 Å². The van der Waals surface area contributed by atoms with Crippen molar-refractivity contribution in [3.63, 3.8) is 0 Å². The zero-order chi connectivity index (χ0) is 17.8. The summed E-state index contributed by atoms with van der Waals surface area (Å²) in [4.78, 5) is 18.7. The van der Waals surface area contributed by atoms with E-state index in [1.54, 1.807) is 12.3 Å². The van der Waals surface area contributed by atoms with Crippen molar-refractivity contribution in [1.82, 2.24) is 24.5 Å². The molecule has 1 aliphatic heterocycles. The summed E-state index contributed by atoms with van der Waals surface area (Å²) in [5.74, 6) is 1.79. The molecule has 4 rings (SSSR count). The lowest BCUT2D eigenvalue weighted by molar-refractivity contribution is 0.0793. The van der Waals surface area contributed by atoms with Crippen LogP contribution in [-0.4, -0.2) is 50.0 Å². The van der Waals surface area contributed by atoms with Crippen molar-refractivity contribution < 1.29 is 4.79 Å². The van der Waals surface area contributed by atoms with Crippen molar-refractivity contribution in [3.8, 4) is 0 Å². The van der Waals surface area contributed by atoms with Crippen LogP contribution in [0.1, 0.15) is 35.4 Å². The maximum absolute atomic E-state index is 12.5. The Hall–Kier alpha value is -2.96. The van der Waals surface area contributed by atoms with Gasteiger partial charge in [-0.2, -0.15) is 0 Å². The number of nitrogens with one attached hydrogen (secondary N) is 1. The summed E-state index contributed by atoms with van der Waals surface area (Å²) >= 11 is 0. The van der Waals surface area contributed by atoms with Gasteiger partial charge >= 0.3 is 0 Å². The first-order valence-corrected chi connectivity index (χ1v) is 9.09. The topological polar surface area (TPSA) is 75.4 Å². The largest absolute Gasteiger partial charge is 0.370 e. The average Bonchev–Trinajstić information content (AvgIpc) is 3.35. The minimum absolute atomic E-state index is 0.0999. The summed E-state index contributed by atoms with van der Waals surface area (Å²) in [5, 5.41) is 11.7. The quantitative estimate of drug-likeness (QED) is 0.691. The highest BCUT2D eigenvalue weighted by atomic mass is 16.2. The average molecular weight is 350 g/mol. The number of aryl methyl sites for hydroxylation is 1. The Bertz CT molecular complexity index is 900. The van der Waals surface area contributed by atoms with Crippen molar-refractivity contribution in [2.24, 2.45) is 0 Å². The number of pyridine rings is 2. The molecule has 0 aromatic carbocycles. The van der Waals surface area contributed by atoms with Crippen molar-refractivity contribution in [2.45, 2.75) is 25.7 Å². The van der Waals surface area contributed by atoms with Crippen LogP contribution < -0.4 is 5.32 Å². The maximum atomic E-state index is 12.5. The molecule has 134 valence electrons. The molecular weight excluding hydrogens is 328 g/mol. The first kappa shape index (κ1) is 16.5. The van der Waals surface area contributed by atoms with E-state index in [-0.39, 0.29) is 5.91 Å². The Morgan fingerprint density at radius 1 is 1.15 bits per heavy atom. The summed E-state index contributed by atoms with van der Waals surface area (Å²) in [7, 11) is 0. The van der Waals surface area contributed by atoms with E-state index in [9.17, 15) is 4.79 Å². The highest BCUT2D eigenvalue weighted by Crippen LogP contribution is 2.15. The van der Waals surface area contributed by atoms with E-state index >= 15 is 0 Å². The number of fused-ring (bicyclic) bond motifs is 1. The normalized spacial score (nSPS) is 14.1. The van der Waals surface area contributed by atoms with Gasteiger partial charge in [-0.3, -0.25) is 9.20 Å². The van der Waals surface area contributed by atoms with E-state index in [2.05, 4.69) is 20.5 Å². The third kappa shape index (κ3) is 3.51. The van der Waals surface area contributed by atoms with Gasteiger partial charge in [0, 0.05) is 44.0 Å². The van der Waals surface area contributed by atoms with E-state index in [1.807, 2.05) is 39.8 Å². The minimum Gasteiger partial charge on any atom is -0.370 e. The van der Waals surface area contributed by atoms with Crippen LogP contribution >= 0.6 is 0 Å². The molecule has 0 atom stereocenters. The van der Waals surface area contributed by atoms with Crippen LogP contribution in [0.15, 0.2) is 42.7 Å². The molecule has 1 fully saturated rings. The zero-order valence-electron chi connectivity index (χ0n) is 14.6. The van der Waals surface area contributed by atoms with Crippen LogP contribution in [0.5, 0.6) is 0 Å². The number of amides is 1. The molecule has 1 aliphatic rings. The molecule has 0 saturated carbocycles. The number of anilines is 1. The fraction of sp³-hybridized carbons (Fsp3) is 0.368. The van der Waals surface area contributed by atoms with Crippen LogP contribution in [0.25, 0.3) is 5.65 Å². The lowest BCUT2D eigenvalue weighted by atomic mass is 10.2. The van der Waals surface area contributed by atoms with E-state index in [1.165, 1.54) is 0 Å². The van der Waals surface area contributed by atoms with Gasteiger partial charge in [0.2, 0.25) is 0 Å². The Morgan fingerprint density at radius 3 is 2.92 bits per heavy atom. The molecule has 3 aromatic heterocycles. The Labute approximate surface area is 152 Å². The zero-order valence-corrected chi connectivity index (χ0v) is 14.6. The van der Waals surface area contributed by atoms with Gasteiger partial charge in [0.05, 0.1) is 0 Å². The number of hydrogen-bond donors (Lipinski definition) is 1. The molecule has 0 unspecified atom stereocenters. The maximum Gasteiger partial charge on any atom is 0.254 e. The van der Waals surface area contributed by atoms with Crippen LogP contribution in [0.4, 0.5) is 5.82 Å². The second kappa shape index (κ2) is 7.51. The van der Waals surface area contributed by atoms with E-state index < -0.39 is 0 Å². The summed E-state index contributed by atoms with van der Waals surface area (Å²) in [5.41, 5.74) is 1.57. The van der Waals surface area contributed by atoms with Crippen molar-refractivity contribution >= 4 is 17.4 Å². The summed E-state index contributed by atoms with van der Waals surface area (Å²) in [6, 6.07) is 9.51. The Morgan fingerprint density at radius 2 is 2.04 bits per heavy atom. The fourth-order valence-electron chi connectivity index (χ4n) is 3.29. The molecule has 7 nitrogen and oxygen atoms in total. The monoisotopic (exact) mass is 350 g/mol. The van der Waals surface area contributed by atoms with Gasteiger partial charge in [0.15, 0.2) is 5.65 Å². The smallest absolute Gasteiger partial charge is 0.254 e. The van der Waals surface area contributed by atoms with Gasteiger partial charge in [0.1, 0.15) is 11.6 Å². The van der Waals surface area contributed by atoms with Gasteiger partial charge in [-0.1, -0.05) is 6.07 Å². The molecule has 1 N–H and O–H groups in total. The third-order valence-electron chi connectivity index (χ3n) is 4.67. The van der Waals surface area contributed by atoms with E-state index in [0.29, 0.717) is 5.56 Å². The summed E-state index contributed by atoms with van der Waals surface area (Å²) < 4.78 is 2.01. The number of carbonyl (C=O) groups is 1. The predicted molar refractivity (Wildman–Crippen MR) is 99.2 cm³/mol. The van der Waals surface area contributed by atoms with Gasteiger partial charge in [-0.25, -0.2) is 4.98 Å². The molecule has 1 saturated heterocycles. The molecule has 0 radical (unpaired) electrons. The second-order valence-electron chi connectivity index (χ2n) is 6.50. The van der Waals surface area contributed by atoms with Crippen LogP contribution in [0, 0.1) is 0 Å². The van der Waals surface area contributed by atoms with Crippen molar-refractivity contribution in [1.29, 1.82) is 0 Å². The van der Waals surface area contributed by atoms with Crippen molar-refractivity contribution in [3.05, 3.63) is 54.1 Å². The highest BCUT2D eigenvalue weighted by molar-refractivity contribution is 5.95. The van der Waals surface area contributed by atoms with Gasteiger partial charge in [0.25, 0.3) is 5.91 Å². The van der Waals surface area contributed by atoms with E-state index in [4.69, 9.17) is 0 Å². The third-order valence-corrected chi connectivity index (χ3v) is 4.67. The van der Waals surface area contributed by atoms with Gasteiger partial charge in [-0.05, 0) is 43.5 Å². The van der Waals surface area contributed by atoms with Gasteiger partial charge in [-0.15, -0.1) is 10.2 Å². The molecular formula is C19H22N6O. The minimum atomic E-state index is 0.0999. The summed E-state index contributed by atoms with van der Waals surface area (Å²) in [6.07, 6.45) is 7.59. The number of likely N-dealkylation sites (tertiary alicyclic amines) is 1. The lowest BCUT2D eigenvalue weighted by Gasteiger charge is -2.15. The van der Waals surface area contributed by atoms with Crippen LogP contribution in [0.2, 0.25) is 0 Å². The molecule has 0 bridgehead atoms. The first-order valence-electron chi connectivity index (χ1n) is 9.09. The Kier molecular flexibility index (Phi) is 4.77. The lowest BCUT2D eigenvalue weighted by Crippen LogP contribution is -2.27. The molecule has 4 heterocycles. The molecule has 0 spiro atoms. The number of aromatic nitrogens is 4. The van der Waals surface area contributed by atoms with Crippen molar-refractivity contribution in [2.75, 3.05) is 25.0 Å². The summed E-state index contributed by atoms with van der Waals surface area (Å²) in [6.45, 7) is 2.47. The standard InChI is InChI=1S/C19H22N6O/c26-19(24-11-3-4-12-24)15-8-10-21-16(14-15)20-9-5-7-18-23-22-17-6-1-2-13-25(17)18/h1-2,6,8,10,13-14H,3-5,7,9,11-12H2,(H,20,21). The first-order chi connectivity index (χ1) is 12.8. The Balaban J connectivity index is 1.32. The molecule has 1 amide bonds. The fourth-order valence-corrected chi connectivity index (χ4v) is 3.29. The highest BCUT2D eigenvalue weighted by Gasteiger charge is 2.19. The molecule has 7 heteroatoms. The number of carbonyl (C=O) groups excluding carboxylic acids is 1. The number of hydrogen-bond acceptors (Lipinski definition) is 5. The van der Waals surface area contributed by atoms with Gasteiger partial charge < -0.3 is 10.2 Å². The molecule has 0 aliphatic carbocycles. The number of rotatable bonds is 6.